The summed E-state index contributed by atoms with van der Waals surface area (Å²) in [6, 6.07) is 5.56. The van der Waals surface area contributed by atoms with E-state index in [1.165, 1.54) is 0 Å². The molecule has 1 unspecified atom stereocenters. The molecule has 1 aromatic carbocycles. The minimum absolute atomic E-state index is 0.0205. The molecule has 7 heteroatoms. The molecule has 2 aromatic rings. The Morgan fingerprint density at radius 2 is 2.18 bits per heavy atom. The van der Waals surface area contributed by atoms with Gasteiger partial charge in [0.05, 0.1) is 31.1 Å². The second-order valence-electron chi connectivity index (χ2n) is 6.80. The summed E-state index contributed by atoms with van der Waals surface area (Å²) < 4.78 is 22.0. The predicted octanol–water partition coefficient (Wildman–Crippen LogP) is 3.14. The zero-order valence-corrected chi connectivity index (χ0v) is 16.7. The van der Waals surface area contributed by atoms with Crippen molar-refractivity contribution in [2.75, 3.05) is 26.8 Å². The highest BCUT2D eigenvalue weighted by molar-refractivity contribution is 5.92. The van der Waals surface area contributed by atoms with Gasteiger partial charge < -0.3 is 23.6 Å². The molecule has 1 amide bonds. The van der Waals surface area contributed by atoms with Gasteiger partial charge in [0.1, 0.15) is 12.4 Å². The van der Waals surface area contributed by atoms with Gasteiger partial charge in [-0.25, -0.2) is 0 Å². The van der Waals surface area contributed by atoms with Crippen molar-refractivity contribution in [1.29, 1.82) is 0 Å². The Kier molecular flexibility index (Phi) is 6.36. The van der Waals surface area contributed by atoms with Crippen LogP contribution in [0, 0.1) is 13.8 Å². The van der Waals surface area contributed by atoms with E-state index in [0.29, 0.717) is 37.8 Å². The number of ether oxygens (including phenoxy) is 3. The number of hydrogen-bond donors (Lipinski definition) is 0. The van der Waals surface area contributed by atoms with E-state index in [4.69, 9.17) is 18.7 Å². The second-order valence-corrected chi connectivity index (χ2v) is 6.80. The zero-order valence-electron chi connectivity index (χ0n) is 16.7. The number of rotatable bonds is 6. The molecule has 7 nitrogen and oxygen atoms in total. The van der Waals surface area contributed by atoms with Crippen molar-refractivity contribution >= 4 is 12.0 Å². The third kappa shape index (κ3) is 4.72. The topological polar surface area (TPSA) is 74.0 Å². The molecule has 1 aliphatic heterocycles. The lowest BCUT2D eigenvalue weighted by Gasteiger charge is -2.30. The number of hydrogen-bond acceptors (Lipinski definition) is 6. The SMILES string of the molecule is COc1cc(/C=C/C(=O)N2CCOC(C)C2)ccc1OCc1c(C)noc1C. The summed E-state index contributed by atoms with van der Waals surface area (Å²) in [5.41, 5.74) is 2.60. The van der Waals surface area contributed by atoms with E-state index in [1.54, 1.807) is 24.2 Å². The second kappa shape index (κ2) is 8.93. The van der Waals surface area contributed by atoms with Crippen LogP contribution in [0.25, 0.3) is 6.08 Å². The summed E-state index contributed by atoms with van der Waals surface area (Å²) in [4.78, 5) is 14.1. The first-order valence-electron chi connectivity index (χ1n) is 9.29. The Morgan fingerprint density at radius 1 is 1.36 bits per heavy atom. The summed E-state index contributed by atoms with van der Waals surface area (Å²) >= 11 is 0. The molecule has 1 atom stereocenters. The molecule has 1 aliphatic rings. The lowest BCUT2D eigenvalue weighted by atomic mass is 10.1. The van der Waals surface area contributed by atoms with E-state index < -0.39 is 0 Å². The standard InChI is InChI=1S/C21H26N2O5/c1-14-12-23(9-10-26-14)21(24)8-6-17-5-7-19(20(11-17)25-4)27-13-18-15(2)22-28-16(18)3/h5-8,11,14H,9-10,12-13H2,1-4H3/b8-6+. The van der Waals surface area contributed by atoms with E-state index >= 15 is 0 Å². The molecule has 1 aromatic heterocycles. The molecule has 0 bridgehead atoms. The van der Waals surface area contributed by atoms with Crippen LogP contribution in [0.2, 0.25) is 0 Å². The van der Waals surface area contributed by atoms with Gasteiger partial charge in [-0.05, 0) is 44.5 Å². The van der Waals surface area contributed by atoms with Crippen molar-refractivity contribution < 1.29 is 23.5 Å². The van der Waals surface area contributed by atoms with Gasteiger partial charge in [-0.2, -0.15) is 0 Å². The average Bonchev–Trinajstić information content (AvgIpc) is 3.02. The van der Waals surface area contributed by atoms with Gasteiger partial charge in [-0.3, -0.25) is 4.79 Å². The van der Waals surface area contributed by atoms with Crippen LogP contribution in [-0.2, 0) is 16.1 Å². The lowest BCUT2D eigenvalue weighted by Crippen LogP contribution is -2.43. The van der Waals surface area contributed by atoms with Gasteiger partial charge in [0.25, 0.3) is 0 Å². The van der Waals surface area contributed by atoms with Crippen molar-refractivity contribution in [3.8, 4) is 11.5 Å². The van der Waals surface area contributed by atoms with Gasteiger partial charge in [-0.1, -0.05) is 11.2 Å². The first-order valence-corrected chi connectivity index (χ1v) is 9.29. The molecule has 0 radical (unpaired) electrons. The number of carbonyl (C=O) groups excluding carboxylic acids is 1. The maximum atomic E-state index is 12.3. The van der Waals surface area contributed by atoms with E-state index in [-0.39, 0.29) is 12.0 Å². The van der Waals surface area contributed by atoms with Gasteiger partial charge in [-0.15, -0.1) is 0 Å². The van der Waals surface area contributed by atoms with Crippen LogP contribution in [0.15, 0.2) is 28.8 Å². The van der Waals surface area contributed by atoms with Gasteiger partial charge in [0, 0.05) is 19.2 Å². The van der Waals surface area contributed by atoms with Gasteiger partial charge in [0.15, 0.2) is 11.5 Å². The summed E-state index contributed by atoms with van der Waals surface area (Å²) in [6.07, 6.45) is 3.43. The van der Waals surface area contributed by atoms with Gasteiger partial charge >= 0.3 is 0 Å². The Bertz CT molecular complexity index is 839. The van der Waals surface area contributed by atoms with Crippen LogP contribution < -0.4 is 9.47 Å². The summed E-state index contributed by atoms with van der Waals surface area (Å²) in [6.45, 7) is 7.86. The molecule has 0 N–H and O–H groups in total. The van der Waals surface area contributed by atoms with E-state index in [1.807, 2.05) is 39.0 Å². The highest BCUT2D eigenvalue weighted by Gasteiger charge is 2.19. The molecule has 0 spiro atoms. The quantitative estimate of drug-likeness (QED) is 0.710. The first-order chi connectivity index (χ1) is 13.5. The maximum absolute atomic E-state index is 12.3. The average molecular weight is 386 g/mol. The van der Waals surface area contributed by atoms with Crippen molar-refractivity contribution in [2.45, 2.75) is 33.5 Å². The summed E-state index contributed by atoms with van der Waals surface area (Å²) in [7, 11) is 1.59. The van der Waals surface area contributed by atoms with Crippen molar-refractivity contribution in [2.24, 2.45) is 0 Å². The van der Waals surface area contributed by atoms with Crippen molar-refractivity contribution in [1.82, 2.24) is 10.1 Å². The number of amides is 1. The number of benzene rings is 1. The number of carbonyl (C=O) groups is 1. The number of aryl methyl sites for hydroxylation is 2. The molecule has 28 heavy (non-hydrogen) atoms. The predicted molar refractivity (Wildman–Crippen MR) is 104 cm³/mol. The molecule has 1 fully saturated rings. The van der Waals surface area contributed by atoms with E-state index in [0.717, 1.165) is 22.6 Å². The molecular formula is C21H26N2O5. The molecule has 0 saturated carbocycles. The normalized spacial score (nSPS) is 17.1. The number of methoxy groups -OCH3 is 1. The van der Waals surface area contributed by atoms with Crippen molar-refractivity contribution in [3.05, 3.63) is 46.9 Å². The third-order valence-electron chi connectivity index (χ3n) is 4.71. The fourth-order valence-corrected chi connectivity index (χ4v) is 3.06. The Labute approximate surface area is 164 Å². The maximum Gasteiger partial charge on any atom is 0.246 e. The fraction of sp³-hybridized carbons (Fsp3) is 0.429. The smallest absolute Gasteiger partial charge is 0.246 e. The van der Waals surface area contributed by atoms with E-state index in [2.05, 4.69) is 5.16 Å². The fourth-order valence-electron chi connectivity index (χ4n) is 3.06. The van der Waals surface area contributed by atoms with E-state index in [9.17, 15) is 4.79 Å². The van der Waals surface area contributed by atoms with Crippen LogP contribution in [0.5, 0.6) is 11.5 Å². The Morgan fingerprint density at radius 3 is 2.86 bits per heavy atom. The largest absolute Gasteiger partial charge is 0.493 e. The van der Waals surface area contributed by atoms with Crippen LogP contribution in [0.3, 0.4) is 0 Å². The summed E-state index contributed by atoms with van der Waals surface area (Å²) in [5.74, 6) is 1.94. The van der Waals surface area contributed by atoms with Crippen LogP contribution in [0.4, 0.5) is 0 Å². The number of aromatic nitrogens is 1. The van der Waals surface area contributed by atoms with Crippen LogP contribution >= 0.6 is 0 Å². The first kappa shape index (κ1) is 19.9. The molecule has 2 heterocycles. The van der Waals surface area contributed by atoms with Crippen LogP contribution in [-0.4, -0.2) is 48.9 Å². The Hall–Kier alpha value is -2.80. The molecular weight excluding hydrogens is 360 g/mol. The molecule has 150 valence electrons. The number of morpholine rings is 1. The highest BCUT2D eigenvalue weighted by Crippen LogP contribution is 2.30. The van der Waals surface area contributed by atoms with Crippen molar-refractivity contribution in [3.63, 3.8) is 0 Å². The lowest BCUT2D eigenvalue weighted by molar-refractivity contribution is -0.132. The highest BCUT2D eigenvalue weighted by atomic mass is 16.5. The Balaban J connectivity index is 1.66. The minimum atomic E-state index is -0.0205. The zero-order chi connectivity index (χ0) is 20.1. The van der Waals surface area contributed by atoms with Crippen LogP contribution in [0.1, 0.15) is 29.5 Å². The third-order valence-corrected chi connectivity index (χ3v) is 4.71. The monoisotopic (exact) mass is 386 g/mol. The molecule has 1 saturated heterocycles. The molecule has 3 rings (SSSR count). The van der Waals surface area contributed by atoms with Gasteiger partial charge in [0.2, 0.25) is 5.91 Å². The minimum Gasteiger partial charge on any atom is -0.493 e. The molecule has 0 aliphatic carbocycles. The number of nitrogens with zero attached hydrogens (tertiary/aromatic N) is 2. The summed E-state index contributed by atoms with van der Waals surface area (Å²) in [5, 5.41) is 3.93.